The van der Waals surface area contributed by atoms with Crippen molar-refractivity contribution in [3.63, 3.8) is 0 Å². The Balaban J connectivity index is 2.42. The Kier molecular flexibility index (Phi) is 6.20. The fourth-order valence-corrected chi connectivity index (χ4v) is 3.83. The molecule has 2 nitrogen and oxygen atoms in total. The fourth-order valence-electron chi connectivity index (χ4n) is 2.10. The van der Waals surface area contributed by atoms with E-state index >= 15 is 0 Å². The molecule has 2 aromatic rings. The van der Waals surface area contributed by atoms with Crippen molar-refractivity contribution >= 4 is 46.1 Å². The van der Waals surface area contributed by atoms with Crippen molar-refractivity contribution in [3.05, 3.63) is 49.1 Å². The van der Waals surface area contributed by atoms with E-state index in [2.05, 4.69) is 12.2 Å². The molecule has 0 aliphatic heterocycles. The van der Waals surface area contributed by atoms with Gasteiger partial charge in [-0.05, 0) is 36.7 Å². The predicted molar refractivity (Wildman–Crippen MR) is 92.5 cm³/mol. The molecule has 1 atom stereocenters. The Labute approximate surface area is 144 Å². The number of thiophene rings is 1. The topological polar surface area (TPSA) is 21.3 Å². The zero-order valence-electron chi connectivity index (χ0n) is 11.8. The molecule has 21 heavy (non-hydrogen) atoms. The highest BCUT2D eigenvalue weighted by molar-refractivity contribution is 7.20. The summed E-state index contributed by atoms with van der Waals surface area (Å²) in [5.41, 5.74) is 2.02. The summed E-state index contributed by atoms with van der Waals surface area (Å²) in [5.74, 6) is 0.648. The Bertz CT molecular complexity index is 615. The number of ether oxygens (including phenoxy) is 1. The smallest absolute Gasteiger partial charge is 0.137 e. The first-order valence-electron chi connectivity index (χ1n) is 6.58. The van der Waals surface area contributed by atoms with Crippen molar-refractivity contribution in [1.82, 2.24) is 5.32 Å². The van der Waals surface area contributed by atoms with Gasteiger partial charge in [0, 0.05) is 5.56 Å². The third-order valence-electron chi connectivity index (χ3n) is 3.10. The highest BCUT2D eigenvalue weighted by Crippen LogP contribution is 2.39. The van der Waals surface area contributed by atoms with Gasteiger partial charge in [0.1, 0.15) is 5.75 Å². The molecular weight excluding hydrogens is 349 g/mol. The predicted octanol–water partition coefficient (Wildman–Crippen LogP) is 5.81. The van der Waals surface area contributed by atoms with Gasteiger partial charge in [-0.3, -0.25) is 0 Å². The van der Waals surface area contributed by atoms with Crippen molar-refractivity contribution in [2.45, 2.75) is 19.4 Å². The van der Waals surface area contributed by atoms with Crippen LogP contribution < -0.4 is 10.1 Å². The molecule has 2 rings (SSSR count). The van der Waals surface area contributed by atoms with E-state index in [9.17, 15) is 0 Å². The lowest BCUT2D eigenvalue weighted by atomic mass is 10.0. The lowest BCUT2D eigenvalue weighted by Gasteiger charge is -2.19. The molecular formula is C15H16Cl3NOS. The Morgan fingerprint density at radius 3 is 2.57 bits per heavy atom. The van der Waals surface area contributed by atoms with E-state index in [0.717, 1.165) is 24.1 Å². The minimum atomic E-state index is -0.0348. The van der Waals surface area contributed by atoms with Crippen molar-refractivity contribution < 1.29 is 4.74 Å². The van der Waals surface area contributed by atoms with E-state index in [1.165, 1.54) is 11.3 Å². The van der Waals surface area contributed by atoms with Crippen LogP contribution in [-0.2, 0) is 0 Å². The average molecular weight is 365 g/mol. The van der Waals surface area contributed by atoms with Crippen LogP contribution in [0.25, 0.3) is 0 Å². The van der Waals surface area contributed by atoms with Gasteiger partial charge < -0.3 is 10.1 Å². The summed E-state index contributed by atoms with van der Waals surface area (Å²) in [4.78, 5) is 0. The zero-order valence-corrected chi connectivity index (χ0v) is 14.8. The van der Waals surface area contributed by atoms with Crippen LogP contribution in [0.15, 0.2) is 24.3 Å². The van der Waals surface area contributed by atoms with E-state index in [1.807, 2.05) is 24.3 Å². The summed E-state index contributed by atoms with van der Waals surface area (Å²) in [6.45, 7) is 2.99. The van der Waals surface area contributed by atoms with Gasteiger partial charge in [-0.25, -0.2) is 0 Å². The van der Waals surface area contributed by atoms with Crippen LogP contribution in [0.1, 0.15) is 30.5 Å². The second-order valence-electron chi connectivity index (χ2n) is 4.56. The molecule has 0 saturated heterocycles. The van der Waals surface area contributed by atoms with Crippen LogP contribution in [0.2, 0.25) is 13.7 Å². The standard InChI is InChI=1S/C15H16Cl3NOS/c1-3-6-19-14(10-8-13(17)21-15(10)18)9-4-5-11(16)12(7-9)20-2/h4-5,7-8,14,19H,3,6H2,1-2H3. The molecule has 0 spiro atoms. The minimum absolute atomic E-state index is 0.0348. The van der Waals surface area contributed by atoms with Crippen molar-refractivity contribution in [1.29, 1.82) is 0 Å². The van der Waals surface area contributed by atoms with Crippen LogP contribution in [0, 0.1) is 0 Å². The number of halogens is 3. The molecule has 1 heterocycles. The van der Waals surface area contributed by atoms with E-state index in [0.29, 0.717) is 19.4 Å². The first-order chi connectivity index (χ1) is 10.1. The Hall–Kier alpha value is -0.450. The summed E-state index contributed by atoms with van der Waals surface area (Å²) in [5, 5.41) is 4.08. The maximum Gasteiger partial charge on any atom is 0.137 e. The summed E-state index contributed by atoms with van der Waals surface area (Å²) < 4.78 is 6.67. The summed E-state index contributed by atoms with van der Waals surface area (Å²) >= 11 is 19.9. The first kappa shape index (κ1) is 16.9. The van der Waals surface area contributed by atoms with E-state index < -0.39 is 0 Å². The quantitative estimate of drug-likeness (QED) is 0.698. The summed E-state index contributed by atoms with van der Waals surface area (Å²) in [7, 11) is 1.61. The van der Waals surface area contributed by atoms with Crippen LogP contribution >= 0.6 is 46.1 Å². The monoisotopic (exact) mass is 363 g/mol. The largest absolute Gasteiger partial charge is 0.495 e. The molecule has 0 fully saturated rings. The van der Waals surface area contributed by atoms with Crippen molar-refractivity contribution in [2.75, 3.05) is 13.7 Å². The maximum atomic E-state index is 6.31. The molecule has 1 N–H and O–H groups in total. The van der Waals surface area contributed by atoms with E-state index in [-0.39, 0.29) is 6.04 Å². The number of benzene rings is 1. The third-order valence-corrected chi connectivity index (χ3v) is 4.93. The molecule has 0 aliphatic rings. The van der Waals surface area contributed by atoms with Gasteiger partial charge in [-0.2, -0.15) is 0 Å². The SMILES string of the molecule is CCCNC(c1ccc(Cl)c(OC)c1)c1cc(Cl)sc1Cl. The molecule has 0 saturated carbocycles. The highest BCUT2D eigenvalue weighted by atomic mass is 35.5. The summed E-state index contributed by atoms with van der Waals surface area (Å²) in [6.07, 6.45) is 1.02. The zero-order chi connectivity index (χ0) is 15.4. The van der Waals surface area contributed by atoms with Gasteiger partial charge >= 0.3 is 0 Å². The first-order valence-corrected chi connectivity index (χ1v) is 8.53. The molecule has 6 heteroatoms. The lowest BCUT2D eigenvalue weighted by molar-refractivity contribution is 0.414. The fraction of sp³-hybridized carbons (Fsp3) is 0.333. The molecule has 0 amide bonds. The minimum Gasteiger partial charge on any atom is -0.495 e. The van der Waals surface area contributed by atoms with Crippen LogP contribution in [0.3, 0.4) is 0 Å². The summed E-state index contributed by atoms with van der Waals surface area (Å²) in [6, 6.07) is 7.60. The second kappa shape index (κ2) is 7.70. The van der Waals surface area contributed by atoms with Gasteiger partial charge in [-0.1, -0.05) is 47.8 Å². The molecule has 0 aliphatic carbocycles. The molecule has 1 unspecified atom stereocenters. The van der Waals surface area contributed by atoms with Crippen molar-refractivity contribution in [3.8, 4) is 5.75 Å². The number of hydrogen-bond acceptors (Lipinski definition) is 3. The van der Waals surface area contributed by atoms with Crippen molar-refractivity contribution in [2.24, 2.45) is 0 Å². The van der Waals surface area contributed by atoms with Gasteiger partial charge in [0.25, 0.3) is 0 Å². The third kappa shape index (κ3) is 4.05. The molecule has 1 aromatic heterocycles. The Morgan fingerprint density at radius 2 is 2.00 bits per heavy atom. The van der Waals surface area contributed by atoms with Crippen LogP contribution in [0.5, 0.6) is 5.75 Å². The highest BCUT2D eigenvalue weighted by Gasteiger charge is 2.20. The lowest BCUT2D eigenvalue weighted by Crippen LogP contribution is -2.23. The average Bonchev–Trinajstić information content (AvgIpc) is 2.79. The molecule has 1 aromatic carbocycles. The maximum absolute atomic E-state index is 6.31. The Morgan fingerprint density at radius 1 is 1.24 bits per heavy atom. The molecule has 114 valence electrons. The molecule has 0 radical (unpaired) electrons. The number of rotatable bonds is 6. The van der Waals surface area contributed by atoms with Gasteiger partial charge in [0.2, 0.25) is 0 Å². The van der Waals surface area contributed by atoms with Gasteiger partial charge in [0.15, 0.2) is 0 Å². The van der Waals surface area contributed by atoms with E-state index in [1.54, 1.807) is 7.11 Å². The van der Waals surface area contributed by atoms with Crippen LogP contribution in [0.4, 0.5) is 0 Å². The number of nitrogens with one attached hydrogen (secondary N) is 1. The number of methoxy groups -OCH3 is 1. The second-order valence-corrected chi connectivity index (χ2v) is 7.25. The molecule has 0 bridgehead atoms. The van der Waals surface area contributed by atoms with Crippen LogP contribution in [-0.4, -0.2) is 13.7 Å². The number of hydrogen-bond donors (Lipinski definition) is 1. The van der Waals surface area contributed by atoms with Gasteiger partial charge in [-0.15, -0.1) is 11.3 Å². The van der Waals surface area contributed by atoms with Gasteiger partial charge in [0.05, 0.1) is 26.8 Å². The van der Waals surface area contributed by atoms with E-state index in [4.69, 9.17) is 39.5 Å². The normalized spacial score (nSPS) is 12.4.